The second-order valence-corrected chi connectivity index (χ2v) is 5.71. The zero-order valence-corrected chi connectivity index (χ0v) is 10.7. The van der Waals surface area contributed by atoms with Gasteiger partial charge >= 0.3 is 0 Å². The molecule has 1 fully saturated rings. The van der Waals surface area contributed by atoms with Crippen molar-refractivity contribution in [1.29, 1.82) is 0 Å². The highest BCUT2D eigenvalue weighted by atomic mass is 35.5. The molecule has 0 aliphatic carbocycles. The Morgan fingerprint density at radius 2 is 2.19 bits per heavy atom. The number of rotatable bonds is 1. The van der Waals surface area contributed by atoms with Gasteiger partial charge in [-0.15, -0.1) is 0 Å². The van der Waals surface area contributed by atoms with Crippen LogP contribution in [0.15, 0.2) is 24.3 Å². The fourth-order valence-corrected chi connectivity index (χ4v) is 2.28. The average molecular weight is 239 g/mol. The average Bonchev–Trinajstić information content (AvgIpc) is 2.22. The van der Waals surface area contributed by atoms with Crippen LogP contribution >= 0.6 is 11.6 Å². The maximum atomic E-state index is 6.20. The van der Waals surface area contributed by atoms with Gasteiger partial charge in [0, 0.05) is 29.8 Å². The Bertz CT molecular complexity index is 376. The topological polar surface area (TPSA) is 29.3 Å². The molecular weight excluding hydrogens is 220 g/mol. The first-order valence-electron chi connectivity index (χ1n) is 5.75. The maximum Gasteiger partial charge on any atom is 0.0426 e. The van der Waals surface area contributed by atoms with Crippen molar-refractivity contribution in [2.75, 3.05) is 18.0 Å². The Morgan fingerprint density at radius 1 is 1.44 bits per heavy atom. The Balaban J connectivity index is 2.14. The van der Waals surface area contributed by atoms with Crippen molar-refractivity contribution >= 4 is 17.3 Å². The molecule has 1 unspecified atom stereocenters. The van der Waals surface area contributed by atoms with Crippen LogP contribution in [0, 0.1) is 5.41 Å². The van der Waals surface area contributed by atoms with Gasteiger partial charge in [0.05, 0.1) is 0 Å². The molecule has 88 valence electrons. The molecule has 2 nitrogen and oxygen atoms in total. The number of nitrogens with two attached hydrogens (primary N) is 1. The van der Waals surface area contributed by atoms with Gasteiger partial charge < -0.3 is 10.6 Å². The SMILES string of the molecule is CC1(C)CCN(c2cccc(Cl)c2)CC1N. The van der Waals surface area contributed by atoms with Crippen molar-refractivity contribution in [3.8, 4) is 0 Å². The van der Waals surface area contributed by atoms with Crippen molar-refractivity contribution in [3.05, 3.63) is 29.3 Å². The van der Waals surface area contributed by atoms with Crippen molar-refractivity contribution in [3.63, 3.8) is 0 Å². The van der Waals surface area contributed by atoms with E-state index in [1.807, 2.05) is 18.2 Å². The summed E-state index contributed by atoms with van der Waals surface area (Å²) in [6.45, 7) is 6.45. The summed E-state index contributed by atoms with van der Waals surface area (Å²) in [5.74, 6) is 0. The van der Waals surface area contributed by atoms with E-state index in [9.17, 15) is 0 Å². The molecule has 0 aromatic heterocycles. The maximum absolute atomic E-state index is 6.20. The first-order valence-corrected chi connectivity index (χ1v) is 6.13. The zero-order chi connectivity index (χ0) is 11.8. The van der Waals surface area contributed by atoms with E-state index in [-0.39, 0.29) is 11.5 Å². The van der Waals surface area contributed by atoms with Crippen molar-refractivity contribution in [2.45, 2.75) is 26.3 Å². The van der Waals surface area contributed by atoms with E-state index < -0.39 is 0 Å². The van der Waals surface area contributed by atoms with Crippen LogP contribution in [0.5, 0.6) is 0 Å². The molecule has 2 N–H and O–H groups in total. The highest BCUT2D eigenvalue weighted by Gasteiger charge is 2.32. The van der Waals surface area contributed by atoms with Crippen LogP contribution in [0.2, 0.25) is 5.02 Å². The van der Waals surface area contributed by atoms with E-state index in [2.05, 4.69) is 24.8 Å². The summed E-state index contributed by atoms with van der Waals surface area (Å²) in [5, 5.41) is 0.788. The first kappa shape index (κ1) is 11.7. The van der Waals surface area contributed by atoms with E-state index in [1.54, 1.807) is 0 Å². The first-order chi connectivity index (χ1) is 7.49. The molecule has 0 spiro atoms. The van der Waals surface area contributed by atoms with Gasteiger partial charge in [0.1, 0.15) is 0 Å². The molecule has 0 radical (unpaired) electrons. The van der Waals surface area contributed by atoms with Crippen LogP contribution in [-0.2, 0) is 0 Å². The highest BCUT2D eigenvalue weighted by molar-refractivity contribution is 6.30. The third-order valence-corrected chi connectivity index (χ3v) is 3.86. The second-order valence-electron chi connectivity index (χ2n) is 5.27. The van der Waals surface area contributed by atoms with Gasteiger partial charge in [0.2, 0.25) is 0 Å². The predicted octanol–water partition coefficient (Wildman–Crippen LogP) is 2.90. The minimum Gasteiger partial charge on any atom is -0.370 e. The lowest BCUT2D eigenvalue weighted by Crippen LogP contribution is -2.52. The van der Waals surface area contributed by atoms with E-state index in [0.717, 1.165) is 24.5 Å². The van der Waals surface area contributed by atoms with E-state index in [4.69, 9.17) is 17.3 Å². The predicted molar refractivity (Wildman–Crippen MR) is 70.0 cm³/mol. The van der Waals surface area contributed by atoms with Gasteiger partial charge in [0.15, 0.2) is 0 Å². The third-order valence-electron chi connectivity index (χ3n) is 3.62. The summed E-state index contributed by atoms with van der Waals surface area (Å²) in [5.41, 5.74) is 7.63. The summed E-state index contributed by atoms with van der Waals surface area (Å²) in [6.07, 6.45) is 1.13. The Kier molecular flexibility index (Phi) is 3.13. The van der Waals surface area contributed by atoms with Gasteiger partial charge in [-0.2, -0.15) is 0 Å². The van der Waals surface area contributed by atoms with Crippen molar-refractivity contribution in [2.24, 2.45) is 11.1 Å². The summed E-state index contributed by atoms with van der Waals surface area (Å²) in [7, 11) is 0. The van der Waals surface area contributed by atoms with E-state index in [0.29, 0.717) is 0 Å². The standard InChI is InChI=1S/C13H19ClN2/c1-13(2)6-7-16(9-12(13)15)11-5-3-4-10(14)8-11/h3-5,8,12H,6-7,9,15H2,1-2H3. The van der Waals surface area contributed by atoms with Gasteiger partial charge in [-0.3, -0.25) is 0 Å². The lowest BCUT2D eigenvalue weighted by atomic mass is 9.78. The third kappa shape index (κ3) is 2.33. The molecule has 0 bridgehead atoms. The Hall–Kier alpha value is -0.730. The second kappa shape index (κ2) is 4.27. The molecule has 1 saturated heterocycles. The van der Waals surface area contributed by atoms with E-state index >= 15 is 0 Å². The number of halogens is 1. The Labute approximate surface area is 102 Å². The molecular formula is C13H19ClN2. The van der Waals surface area contributed by atoms with Gasteiger partial charge in [-0.05, 0) is 30.0 Å². The molecule has 1 atom stereocenters. The molecule has 1 aliphatic heterocycles. The normalized spacial score (nSPS) is 24.5. The van der Waals surface area contributed by atoms with Crippen LogP contribution in [0.1, 0.15) is 20.3 Å². The summed E-state index contributed by atoms with van der Waals surface area (Å²) >= 11 is 6.00. The van der Waals surface area contributed by atoms with Gasteiger partial charge in [-0.1, -0.05) is 31.5 Å². The molecule has 1 aliphatic rings. The minimum absolute atomic E-state index is 0.222. The number of nitrogens with zero attached hydrogens (tertiary/aromatic N) is 1. The lowest BCUT2D eigenvalue weighted by Gasteiger charge is -2.43. The summed E-state index contributed by atoms with van der Waals surface area (Å²) in [4.78, 5) is 2.32. The van der Waals surface area contributed by atoms with Crippen molar-refractivity contribution < 1.29 is 0 Å². The van der Waals surface area contributed by atoms with Crippen LogP contribution in [0.3, 0.4) is 0 Å². The fraction of sp³-hybridized carbons (Fsp3) is 0.538. The number of hydrogen-bond donors (Lipinski definition) is 1. The largest absolute Gasteiger partial charge is 0.370 e. The number of piperidine rings is 1. The van der Waals surface area contributed by atoms with Crippen LogP contribution < -0.4 is 10.6 Å². The molecule has 3 heteroatoms. The zero-order valence-electron chi connectivity index (χ0n) is 9.91. The smallest absolute Gasteiger partial charge is 0.0426 e. The van der Waals surface area contributed by atoms with E-state index in [1.165, 1.54) is 5.69 Å². The summed E-state index contributed by atoms with van der Waals surface area (Å²) in [6, 6.07) is 8.21. The van der Waals surface area contributed by atoms with Crippen LogP contribution in [0.25, 0.3) is 0 Å². The Morgan fingerprint density at radius 3 is 2.81 bits per heavy atom. The molecule has 1 heterocycles. The molecule has 1 aromatic carbocycles. The van der Waals surface area contributed by atoms with Gasteiger partial charge in [-0.25, -0.2) is 0 Å². The molecule has 2 rings (SSSR count). The number of anilines is 1. The van der Waals surface area contributed by atoms with Gasteiger partial charge in [0.25, 0.3) is 0 Å². The van der Waals surface area contributed by atoms with Crippen LogP contribution in [-0.4, -0.2) is 19.1 Å². The highest BCUT2D eigenvalue weighted by Crippen LogP contribution is 2.32. The quantitative estimate of drug-likeness (QED) is 0.815. The van der Waals surface area contributed by atoms with Crippen LogP contribution in [0.4, 0.5) is 5.69 Å². The van der Waals surface area contributed by atoms with Crippen molar-refractivity contribution in [1.82, 2.24) is 0 Å². The molecule has 0 amide bonds. The summed E-state index contributed by atoms with van der Waals surface area (Å²) < 4.78 is 0. The fourth-order valence-electron chi connectivity index (χ4n) is 2.09. The molecule has 0 saturated carbocycles. The minimum atomic E-state index is 0.222. The number of benzene rings is 1. The molecule has 1 aromatic rings. The molecule has 16 heavy (non-hydrogen) atoms. The lowest BCUT2D eigenvalue weighted by molar-refractivity contribution is 0.236. The number of hydrogen-bond acceptors (Lipinski definition) is 2. The monoisotopic (exact) mass is 238 g/mol.